The van der Waals surface area contributed by atoms with Gasteiger partial charge in [-0.05, 0) is 19.1 Å². The molecule has 22 heavy (non-hydrogen) atoms. The van der Waals surface area contributed by atoms with Crippen LogP contribution in [0.4, 0.5) is 5.69 Å². The van der Waals surface area contributed by atoms with E-state index in [0.29, 0.717) is 5.69 Å². The average Bonchev–Trinajstić information content (AvgIpc) is 3.02. The number of thiazole rings is 1. The smallest absolute Gasteiger partial charge is 0.267 e. The van der Waals surface area contributed by atoms with Crippen LogP contribution in [0.3, 0.4) is 0 Å². The summed E-state index contributed by atoms with van der Waals surface area (Å²) < 4.78 is 1.17. The lowest BCUT2D eigenvalue weighted by Gasteiger charge is -2.13. The van der Waals surface area contributed by atoms with Gasteiger partial charge in [0.2, 0.25) is 4.96 Å². The summed E-state index contributed by atoms with van der Waals surface area (Å²) in [6.45, 7) is 1.52. The number of hydrogen-bond acceptors (Lipinski definition) is 6. The fourth-order valence-electron chi connectivity index (χ4n) is 2.41. The number of carbonyl (C=O) groups is 2. The van der Waals surface area contributed by atoms with Crippen LogP contribution < -0.4 is 10.5 Å². The SMILES string of the molecule is Cc1nnc2sc3c(n2c1=O)C(=O)N(c1ccccc1)C3=O. The first-order chi connectivity index (χ1) is 10.6. The largest absolute Gasteiger partial charge is 0.284 e. The minimum atomic E-state index is -0.521. The van der Waals surface area contributed by atoms with Gasteiger partial charge < -0.3 is 0 Å². The molecule has 2 aromatic heterocycles. The average molecular weight is 312 g/mol. The first-order valence-electron chi connectivity index (χ1n) is 6.42. The van der Waals surface area contributed by atoms with E-state index in [1.54, 1.807) is 30.3 Å². The molecule has 2 amide bonds. The Morgan fingerprint density at radius 1 is 1.00 bits per heavy atom. The van der Waals surface area contributed by atoms with Crippen molar-refractivity contribution in [3.05, 3.63) is 57.0 Å². The Hall–Kier alpha value is -2.87. The molecular formula is C14H8N4O3S. The number of rotatable bonds is 1. The number of nitrogens with zero attached hydrogens (tertiary/aromatic N) is 4. The van der Waals surface area contributed by atoms with E-state index < -0.39 is 17.4 Å². The van der Waals surface area contributed by atoms with Gasteiger partial charge in [0.05, 0.1) is 5.69 Å². The summed E-state index contributed by atoms with van der Waals surface area (Å²) >= 11 is 0.997. The van der Waals surface area contributed by atoms with Gasteiger partial charge in [0.1, 0.15) is 16.3 Å². The number of aromatic nitrogens is 3. The normalized spacial score (nSPS) is 14.0. The third kappa shape index (κ3) is 1.52. The van der Waals surface area contributed by atoms with E-state index in [4.69, 9.17) is 0 Å². The zero-order chi connectivity index (χ0) is 15.4. The van der Waals surface area contributed by atoms with E-state index in [9.17, 15) is 14.4 Å². The Morgan fingerprint density at radius 2 is 1.73 bits per heavy atom. The van der Waals surface area contributed by atoms with E-state index in [0.717, 1.165) is 16.2 Å². The number of aryl methyl sites for hydroxylation is 1. The second-order valence-corrected chi connectivity index (χ2v) is 5.75. The molecule has 0 atom stereocenters. The molecular weight excluding hydrogens is 304 g/mol. The highest BCUT2D eigenvalue weighted by Crippen LogP contribution is 2.32. The molecule has 108 valence electrons. The molecule has 3 heterocycles. The Morgan fingerprint density at radius 3 is 2.45 bits per heavy atom. The van der Waals surface area contributed by atoms with Gasteiger partial charge in [0.15, 0.2) is 0 Å². The van der Waals surface area contributed by atoms with Gasteiger partial charge in [-0.2, -0.15) is 0 Å². The van der Waals surface area contributed by atoms with Crippen LogP contribution >= 0.6 is 11.3 Å². The highest BCUT2D eigenvalue weighted by Gasteiger charge is 2.41. The highest BCUT2D eigenvalue weighted by atomic mass is 32.1. The number of para-hydroxylation sites is 1. The second kappa shape index (κ2) is 4.31. The number of anilines is 1. The van der Waals surface area contributed by atoms with Gasteiger partial charge in [-0.1, -0.05) is 29.5 Å². The predicted molar refractivity (Wildman–Crippen MR) is 79.5 cm³/mol. The van der Waals surface area contributed by atoms with Crippen LogP contribution in [0.5, 0.6) is 0 Å². The molecule has 1 aliphatic rings. The van der Waals surface area contributed by atoms with Crippen molar-refractivity contribution in [2.24, 2.45) is 0 Å². The summed E-state index contributed by atoms with van der Waals surface area (Å²) in [7, 11) is 0. The van der Waals surface area contributed by atoms with Crippen molar-refractivity contribution in [3.8, 4) is 0 Å². The third-order valence-electron chi connectivity index (χ3n) is 3.44. The van der Waals surface area contributed by atoms with Crippen LogP contribution in [0.2, 0.25) is 0 Å². The van der Waals surface area contributed by atoms with Crippen LogP contribution in [0.1, 0.15) is 25.9 Å². The van der Waals surface area contributed by atoms with E-state index in [1.165, 1.54) is 11.3 Å². The van der Waals surface area contributed by atoms with Crippen molar-refractivity contribution in [2.75, 3.05) is 4.90 Å². The minimum absolute atomic E-state index is 0.0665. The zero-order valence-corrected chi connectivity index (χ0v) is 12.1. The van der Waals surface area contributed by atoms with Gasteiger partial charge in [-0.15, -0.1) is 10.2 Å². The molecule has 3 aromatic rings. The lowest BCUT2D eigenvalue weighted by molar-refractivity contribution is 0.0925. The molecule has 7 nitrogen and oxygen atoms in total. The molecule has 4 rings (SSSR count). The van der Waals surface area contributed by atoms with Crippen molar-refractivity contribution in [1.29, 1.82) is 0 Å². The molecule has 0 saturated carbocycles. The van der Waals surface area contributed by atoms with Gasteiger partial charge in [0, 0.05) is 0 Å². The second-order valence-electron chi connectivity index (χ2n) is 4.77. The van der Waals surface area contributed by atoms with E-state index in [-0.39, 0.29) is 21.2 Å². The summed E-state index contributed by atoms with van der Waals surface area (Å²) in [6, 6.07) is 8.61. The quantitative estimate of drug-likeness (QED) is 0.632. The molecule has 1 aliphatic heterocycles. The van der Waals surface area contributed by atoms with Gasteiger partial charge in [-0.25, -0.2) is 9.30 Å². The van der Waals surface area contributed by atoms with Gasteiger partial charge >= 0.3 is 0 Å². The van der Waals surface area contributed by atoms with Crippen molar-refractivity contribution in [1.82, 2.24) is 14.6 Å². The highest BCUT2D eigenvalue weighted by molar-refractivity contribution is 7.19. The van der Waals surface area contributed by atoms with Crippen molar-refractivity contribution in [3.63, 3.8) is 0 Å². The van der Waals surface area contributed by atoms with E-state index in [2.05, 4.69) is 10.2 Å². The molecule has 1 aromatic carbocycles. The summed E-state index contributed by atoms with van der Waals surface area (Å²) in [4.78, 5) is 38.9. The first kappa shape index (κ1) is 12.8. The maximum atomic E-state index is 12.7. The maximum absolute atomic E-state index is 12.7. The zero-order valence-electron chi connectivity index (χ0n) is 11.3. The maximum Gasteiger partial charge on any atom is 0.284 e. The van der Waals surface area contributed by atoms with Crippen LogP contribution in [-0.2, 0) is 0 Å². The first-order valence-corrected chi connectivity index (χ1v) is 7.24. The van der Waals surface area contributed by atoms with Gasteiger partial charge in [0.25, 0.3) is 17.4 Å². The Kier molecular flexibility index (Phi) is 2.52. The molecule has 0 N–H and O–H groups in total. The van der Waals surface area contributed by atoms with Crippen molar-refractivity contribution < 1.29 is 9.59 Å². The summed E-state index contributed by atoms with van der Waals surface area (Å²) in [5, 5.41) is 7.62. The molecule has 0 unspecified atom stereocenters. The fourth-order valence-corrected chi connectivity index (χ4v) is 3.39. The van der Waals surface area contributed by atoms with Crippen molar-refractivity contribution >= 4 is 33.8 Å². The molecule has 0 fully saturated rings. The fraction of sp³-hybridized carbons (Fsp3) is 0.0714. The topological polar surface area (TPSA) is 84.6 Å². The third-order valence-corrected chi connectivity index (χ3v) is 4.46. The van der Waals surface area contributed by atoms with Crippen LogP contribution in [-0.4, -0.2) is 26.4 Å². The van der Waals surface area contributed by atoms with Crippen LogP contribution in [0.15, 0.2) is 35.1 Å². The minimum Gasteiger partial charge on any atom is -0.267 e. The van der Waals surface area contributed by atoms with Crippen molar-refractivity contribution in [2.45, 2.75) is 6.92 Å². The number of hydrogen-bond donors (Lipinski definition) is 0. The monoisotopic (exact) mass is 312 g/mol. The Bertz CT molecular complexity index is 1010. The summed E-state index contributed by atoms with van der Waals surface area (Å²) in [5.41, 5.74) is 0.285. The van der Waals surface area contributed by atoms with Crippen LogP contribution in [0.25, 0.3) is 4.96 Å². The number of benzene rings is 1. The summed E-state index contributed by atoms with van der Waals surface area (Å²) in [6.07, 6.45) is 0. The van der Waals surface area contributed by atoms with E-state index in [1.807, 2.05) is 0 Å². The lowest BCUT2D eigenvalue weighted by atomic mass is 10.3. The number of imide groups is 1. The standard InChI is InChI=1S/C14H8N4O3S/c1-7-11(19)18-9-10(22-14(18)16-15-7)13(21)17(12(9)20)8-5-3-2-4-6-8/h2-6H,1H3. The molecule has 0 saturated heterocycles. The molecule has 0 bridgehead atoms. The van der Waals surface area contributed by atoms with E-state index >= 15 is 0 Å². The Labute approximate surface area is 127 Å². The molecule has 0 aliphatic carbocycles. The molecule has 0 radical (unpaired) electrons. The van der Waals surface area contributed by atoms with Gasteiger partial charge in [-0.3, -0.25) is 14.4 Å². The molecule has 8 heteroatoms. The Balaban J connectivity index is 2.00. The lowest BCUT2D eigenvalue weighted by Crippen LogP contribution is -2.31. The predicted octanol–water partition coefficient (Wildman–Crippen LogP) is 1.26. The van der Waals surface area contributed by atoms with Crippen LogP contribution in [0, 0.1) is 6.92 Å². The number of carbonyl (C=O) groups excluding carboxylic acids is 2. The molecule has 0 spiro atoms. The summed E-state index contributed by atoms with van der Waals surface area (Å²) in [5.74, 6) is -0.967. The number of fused-ring (bicyclic) bond motifs is 3. The number of amides is 2.